The molecular weight excluding hydrogens is 239 g/mol. The first kappa shape index (κ1) is 10.4. The predicted octanol–water partition coefficient (Wildman–Crippen LogP) is 2.59. The molecule has 0 aliphatic carbocycles. The lowest BCUT2D eigenvalue weighted by molar-refractivity contribution is 0.248. The number of hydrogen-bond acceptors (Lipinski definition) is 1. The van der Waals surface area contributed by atoms with Crippen LogP contribution in [0.3, 0.4) is 0 Å². The van der Waals surface area contributed by atoms with Crippen LogP contribution in [-0.2, 0) is 0 Å². The summed E-state index contributed by atoms with van der Waals surface area (Å²) in [5.74, 6) is 1.18. The van der Waals surface area contributed by atoms with E-state index in [1.807, 2.05) is 4.08 Å². The molecule has 0 fully saturated rings. The van der Waals surface area contributed by atoms with Crippen molar-refractivity contribution in [3.8, 4) is 0 Å². The molecule has 0 unspecified atom stereocenters. The number of aliphatic hydroxyl groups is 1. The molecule has 2 atom stereocenters. The molecule has 0 aromatic carbocycles. The molecule has 0 aliphatic heterocycles. The fraction of sp³-hybridized carbons (Fsp3) is 0.750. The van der Waals surface area contributed by atoms with Crippen molar-refractivity contribution in [2.45, 2.75) is 20.3 Å². The highest BCUT2D eigenvalue weighted by Gasteiger charge is 2.06. The highest BCUT2D eigenvalue weighted by Crippen LogP contribution is 2.16. The minimum atomic E-state index is 0.306. The van der Waals surface area contributed by atoms with Gasteiger partial charge in [-0.05, 0) is 22.3 Å². The summed E-state index contributed by atoms with van der Waals surface area (Å²) in [6, 6.07) is 0. The van der Waals surface area contributed by atoms with Gasteiger partial charge in [0.15, 0.2) is 0 Å². The molecule has 0 saturated heterocycles. The molecule has 60 valence electrons. The summed E-state index contributed by atoms with van der Waals surface area (Å²) in [4.78, 5) is 0. The molecule has 0 aliphatic rings. The lowest BCUT2D eigenvalue weighted by Crippen LogP contribution is -2.06. The monoisotopic (exact) mass is 254 g/mol. The maximum atomic E-state index is 8.63. The molecule has 0 amide bonds. The number of halogens is 1. The van der Waals surface area contributed by atoms with Gasteiger partial charge in [-0.15, -0.1) is 0 Å². The molecule has 1 N–H and O–H groups in total. The minimum Gasteiger partial charge on any atom is -0.396 e. The van der Waals surface area contributed by atoms with Crippen LogP contribution in [-0.4, -0.2) is 11.7 Å². The fourth-order valence-corrected chi connectivity index (χ4v) is 1.43. The van der Waals surface area contributed by atoms with E-state index in [1.54, 1.807) is 0 Å². The molecule has 10 heavy (non-hydrogen) atoms. The summed E-state index contributed by atoms with van der Waals surface area (Å²) >= 11 is 2.22. The van der Waals surface area contributed by atoms with Gasteiger partial charge in [0.1, 0.15) is 0 Å². The van der Waals surface area contributed by atoms with Crippen LogP contribution < -0.4 is 0 Å². The summed E-state index contributed by atoms with van der Waals surface area (Å²) in [5.41, 5.74) is 0. The van der Waals surface area contributed by atoms with Gasteiger partial charge in [0.2, 0.25) is 0 Å². The Bertz CT molecular complexity index is 101. The lowest BCUT2D eigenvalue weighted by Gasteiger charge is -2.13. The summed E-state index contributed by atoms with van der Waals surface area (Å²) in [7, 11) is 0. The van der Waals surface area contributed by atoms with Gasteiger partial charge < -0.3 is 5.11 Å². The molecule has 0 rings (SSSR count). The largest absolute Gasteiger partial charge is 0.396 e. The standard InChI is InChI=1S/C8H15IO/c1-7(3-5-9)8(2)4-6-10/h3,5,7-8,10H,4,6H2,1-2H3/b5-3+/t7-,8-/m0/s1. The van der Waals surface area contributed by atoms with Gasteiger partial charge in [-0.1, -0.05) is 42.5 Å². The first-order chi connectivity index (χ1) is 4.72. The van der Waals surface area contributed by atoms with Gasteiger partial charge in [-0.2, -0.15) is 0 Å². The van der Waals surface area contributed by atoms with Crippen molar-refractivity contribution in [1.82, 2.24) is 0 Å². The fourth-order valence-electron chi connectivity index (χ4n) is 0.771. The SMILES string of the molecule is C[C@@H](/C=C/I)[C@@H](C)CCO. The van der Waals surface area contributed by atoms with Crippen LogP contribution >= 0.6 is 22.6 Å². The van der Waals surface area contributed by atoms with Crippen LogP contribution in [0.4, 0.5) is 0 Å². The Kier molecular flexibility index (Phi) is 6.43. The molecule has 1 nitrogen and oxygen atoms in total. The Morgan fingerprint density at radius 2 is 2.10 bits per heavy atom. The Labute approximate surface area is 76.7 Å². The highest BCUT2D eigenvalue weighted by atomic mass is 127. The second kappa shape index (κ2) is 6.16. The first-order valence-corrected chi connectivity index (χ1v) is 4.84. The van der Waals surface area contributed by atoms with Gasteiger partial charge >= 0.3 is 0 Å². The Morgan fingerprint density at radius 3 is 2.50 bits per heavy atom. The topological polar surface area (TPSA) is 20.2 Å². The van der Waals surface area contributed by atoms with Crippen molar-refractivity contribution in [2.75, 3.05) is 6.61 Å². The molecule has 2 heteroatoms. The lowest BCUT2D eigenvalue weighted by atomic mass is 9.94. The molecule has 0 aromatic rings. The van der Waals surface area contributed by atoms with Crippen molar-refractivity contribution in [3.05, 3.63) is 10.2 Å². The van der Waals surface area contributed by atoms with Crippen molar-refractivity contribution < 1.29 is 5.11 Å². The second-order valence-corrected chi connectivity index (χ2v) is 3.39. The molecule has 0 radical (unpaired) electrons. The van der Waals surface area contributed by atoms with Crippen LogP contribution in [0, 0.1) is 11.8 Å². The third-order valence-electron chi connectivity index (χ3n) is 1.86. The molecule has 0 spiro atoms. The number of aliphatic hydroxyl groups excluding tert-OH is 1. The van der Waals surface area contributed by atoms with E-state index in [2.05, 4.69) is 42.5 Å². The molecule has 0 heterocycles. The van der Waals surface area contributed by atoms with E-state index >= 15 is 0 Å². The van der Waals surface area contributed by atoms with E-state index < -0.39 is 0 Å². The normalized spacial score (nSPS) is 17.6. The first-order valence-electron chi connectivity index (χ1n) is 3.60. The molecule has 0 bridgehead atoms. The predicted molar refractivity (Wildman–Crippen MR) is 53.2 cm³/mol. The maximum absolute atomic E-state index is 8.63. The van der Waals surface area contributed by atoms with Gasteiger partial charge in [-0.25, -0.2) is 0 Å². The molecule has 0 saturated carbocycles. The Morgan fingerprint density at radius 1 is 1.50 bits per heavy atom. The zero-order chi connectivity index (χ0) is 7.98. The number of allylic oxidation sites excluding steroid dienone is 1. The van der Waals surface area contributed by atoms with Gasteiger partial charge in [0.25, 0.3) is 0 Å². The highest BCUT2D eigenvalue weighted by molar-refractivity contribution is 14.1. The van der Waals surface area contributed by atoms with Crippen molar-refractivity contribution in [1.29, 1.82) is 0 Å². The van der Waals surface area contributed by atoms with Crippen LogP contribution in [0.5, 0.6) is 0 Å². The van der Waals surface area contributed by atoms with E-state index in [0.29, 0.717) is 18.4 Å². The Hall–Kier alpha value is 0.430. The second-order valence-electron chi connectivity index (χ2n) is 2.67. The van der Waals surface area contributed by atoms with Crippen molar-refractivity contribution in [2.24, 2.45) is 11.8 Å². The molecular formula is C8H15IO. The van der Waals surface area contributed by atoms with Crippen LogP contribution in [0.25, 0.3) is 0 Å². The summed E-state index contributed by atoms with van der Waals surface area (Å²) in [6.45, 7) is 4.65. The van der Waals surface area contributed by atoms with Crippen LogP contribution in [0.15, 0.2) is 10.2 Å². The Balaban J connectivity index is 3.58. The quantitative estimate of drug-likeness (QED) is 0.764. The zero-order valence-corrected chi connectivity index (χ0v) is 8.71. The molecule has 0 aromatic heterocycles. The van der Waals surface area contributed by atoms with Gasteiger partial charge in [0.05, 0.1) is 0 Å². The summed E-state index contributed by atoms with van der Waals surface area (Å²) in [6.07, 6.45) is 3.07. The van der Waals surface area contributed by atoms with Gasteiger partial charge in [0, 0.05) is 6.61 Å². The van der Waals surface area contributed by atoms with Crippen molar-refractivity contribution in [3.63, 3.8) is 0 Å². The van der Waals surface area contributed by atoms with E-state index in [1.165, 1.54) is 0 Å². The maximum Gasteiger partial charge on any atom is 0.0433 e. The van der Waals surface area contributed by atoms with Crippen LogP contribution in [0.1, 0.15) is 20.3 Å². The average Bonchev–Trinajstić information content (AvgIpc) is 1.89. The third kappa shape index (κ3) is 4.28. The van der Waals surface area contributed by atoms with Gasteiger partial charge in [-0.3, -0.25) is 0 Å². The van der Waals surface area contributed by atoms with Crippen LogP contribution in [0.2, 0.25) is 0 Å². The smallest absolute Gasteiger partial charge is 0.0433 e. The van der Waals surface area contributed by atoms with Crippen molar-refractivity contribution >= 4 is 22.6 Å². The summed E-state index contributed by atoms with van der Waals surface area (Å²) in [5, 5.41) is 8.63. The average molecular weight is 254 g/mol. The third-order valence-corrected chi connectivity index (χ3v) is 2.27. The van der Waals surface area contributed by atoms with E-state index in [-0.39, 0.29) is 0 Å². The number of hydrogen-bond donors (Lipinski definition) is 1. The summed E-state index contributed by atoms with van der Waals surface area (Å²) < 4.78 is 2.04. The zero-order valence-electron chi connectivity index (χ0n) is 6.55. The number of rotatable bonds is 4. The minimum absolute atomic E-state index is 0.306. The van der Waals surface area contributed by atoms with E-state index in [0.717, 1.165) is 6.42 Å². The van der Waals surface area contributed by atoms with E-state index in [4.69, 9.17) is 5.11 Å². The van der Waals surface area contributed by atoms with E-state index in [9.17, 15) is 0 Å².